The summed E-state index contributed by atoms with van der Waals surface area (Å²) in [7, 11) is 0. The van der Waals surface area contributed by atoms with Gasteiger partial charge in [-0.25, -0.2) is 4.79 Å². The molecule has 1 aliphatic carbocycles. The van der Waals surface area contributed by atoms with Crippen molar-refractivity contribution < 1.29 is 19.0 Å². The second-order valence-electron chi connectivity index (χ2n) is 9.61. The Balaban J connectivity index is 1.34. The maximum absolute atomic E-state index is 12.4. The first kappa shape index (κ1) is 26.1. The zero-order chi connectivity index (χ0) is 24.0. The number of esters is 1. The third-order valence-corrected chi connectivity index (χ3v) is 6.83. The summed E-state index contributed by atoms with van der Waals surface area (Å²) in [6.07, 6.45) is 14.1. The van der Waals surface area contributed by atoms with Gasteiger partial charge in [0.05, 0.1) is 18.8 Å². The van der Waals surface area contributed by atoms with Gasteiger partial charge < -0.3 is 14.2 Å². The van der Waals surface area contributed by atoms with E-state index in [-0.39, 0.29) is 5.97 Å². The van der Waals surface area contributed by atoms with Gasteiger partial charge in [0.25, 0.3) is 0 Å². The predicted molar refractivity (Wildman–Crippen MR) is 138 cm³/mol. The van der Waals surface area contributed by atoms with Crippen LogP contribution in [0.15, 0.2) is 48.5 Å². The molecule has 0 bridgehead atoms. The second-order valence-corrected chi connectivity index (χ2v) is 9.61. The SMILES string of the molecule is CCCCCOc1ccc(C(=O)Oc2ccc(OCCC[C@H]3CC[C@H](CCC)CC3)cc2)cc1. The fourth-order valence-electron chi connectivity index (χ4n) is 4.78. The number of ether oxygens (including phenoxy) is 3. The summed E-state index contributed by atoms with van der Waals surface area (Å²) in [5.74, 6) is 3.58. The third kappa shape index (κ3) is 9.04. The molecule has 4 nitrogen and oxygen atoms in total. The van der Waals surface area contributed by atoms with E-state index < -0.39 is 0 Å². The molecular formula is C30H42O4. The molecule has 1 fully saturated rings. The van der Waals surface area contributed by atoms with Gasteiger partial charge in [-0.1, -0.05) is 65.2 Å². The van der Waals surface area contributed by atoms with Crippen LogP contribution in [-0.4, -0.2) is 19.2 Å². The Labute approximate surface area is 206 Å². The summed E-state index contributed by atoms with van der Waals surface area (Å²) in [5, 5.41) is 0. The van der Waals surface area contributed by atoms with Crippen LogP contribution in [0, 0.1) is 11.8 Å². The summed E-state index contributed by atoms with van der Waals surface area (Å²) in [6.45, 7) is 5.90. The maximum atomic E-state index is 12.4. The highest BCUT2D eigenvalue weighted by Gasteiger charge is 2.20. The van der Waals surface area contributed by atoms with Crippen molar-refractivity contribution in [1.29, 1.82) is 0 Å². The number of hydrogen-bond acceptors (Lipinski definition) is 4. The molecule has 0 radical (unpaired) electrons. The van der Waals surface area contributed by atoms with E-state index in [0.29, 0.717) is 17.9 Å². The van der Waals surface area contributed by atoms with Crippen molar-refractivity contribution in [2.75, 3.05) is 13.2 Å². The van der Waals surface area contributed by atoms with Gasteiger partial charge in [0.15, 0.2) is 0 Å². The Morgan fingerprint density at radius 2 is 1.21 bits per heavy atom. The van der Waals surface area contributed by atoms with E-state index in [0.717, 1.165) is 49.2 Å². The Hall–Kier alpha value is -2.49. The Morgan fingerprint density at radius 3 is 1.79 bits per heavy atom. The van der Waals surface area contributed by atoms with E-state index in [1.54, 1.807) is 24.3 Å². The highest BCUT2D eigenvalue weighted by molar-refractivity contribution is 5.91. The molecule has 0 aliphatic heterocycles. The zero-order valence-electron chi connectivity index (χ0n) is 21.1. The average Bonchev–Trinajstić information content (AvgIpc) is 2.87. The first-order valence-corrected chi connectivity index (χ1v) is 13.4. The lowest BCUT2D eigenvalue weighted by Crippen LogP contribution is -2.15. The van der Waals surface area contributed by atoms with Crippen LogP contribution < -0.4 is 14.2 Å². The predicted octanol–water partition coefficient (Wildman–Crippen LogP) is 8.24. The van der Waals surface area contributed by atoms with Crippen molar-refractivity contribution in [2.24, 2.45) is 11.8 Å². The molecular weight excluding hydrogens is 424 g/mol. The lowest BCUT2D eigenvalue weighted by atomic mass is 9.78. The van der Waals surface area contributed by atoms with Crippen molar-refractivity contribution in [3.05, 3.63) is 54.1 Å². The zero-order valence-corrected chi connectivity index (χ0v) is 21.1. The van der Waals surface area contributed by atoms with E-state index in [2.05, 4.69) is 13.8 Å². The highest BCUT2D eigenvalue weighted by Crippen LogP contribution is 2.33. The lowest BCUT2D eigenvalue weighted by molar-refractivity contribution is 0.0734. The molecule has 0 saturated heterocycles. The van der Waals surface area contributed by atoms with Gasteiger partial charge in [-0.3, -0.25) is 0 Å². The van der Waals surface area contributed by atoms with Gasteiger partial charge in [-0.05, 0) is 79.6 Å². The minimum absolute atomic E-state index is 0.375. The molecule has 3 rings (SSSR count). The third-order valence-electron chi connectivity index (χ3n) is 6.83. The summed E-state index contributed by atoms with van der Waals surface area (Å²) in [6, 6.07) is 14.4. The maximum Gasteiger partial charge on any atom is 0.343 e. The van der Waals surface area contributed by atoms with E-state index in [9.17, 15) is 4.79 Å². The van der Waals surface area contributed by atoms with Crippen LogP contribution in [0.25, 0.3) is 0 Å². The lowest BCUT2D eigenvalue weighted by Gasteiger charge is -2.28. The van der Waals surface area contributed by atoms with Crippen LogP contribution in [0.2, 0.25) is 0 Å². The van der Waals surface area contributed by atoms with E-state index in [1.165, 1.54) is 51.4 Å². The molecule has 0 atom stereocenters. The van der Waals surface area contributed by atoms with Crippen LogP contribution in [0.4, 0.5) is 0 Å². The standard InChI is InChI=1S/C30H42O4/c1-3-5-6-22-32-27-16-14-26(15-17-27)30(31)34-29-20-18-28(19-21-29)33-23-7-9-25-12-10-24(8-4-2)11-13-25/h14-21,24-25H,3-13,22-23H2,1-2H3/t24-,25-. The fraction of sp³-hybridized carbons (Fsp3) is 0.567. The molecule has 0 N–H and O–H groups in total. The van der Waals surface area contributed by atoms with Crippen molar-refractivity contribution in [1.82, 2.24) is 0 Å². The largest absolute Gasteiger partial charge is 0.494 e. The van der Waals surface area contributed by atoms with E-state index in [1.807, 2.05) is 24.3 Å². The average molecular weight is 467 g/mol. The minimum Gasteiger partial charge on any atom is -0.494 e. The molecule has 4 heteroatoms. The van der Waals surface area contributed by atoms with Crippen LogP contribution >= 0.6 is 0 Å². The summed E-state index contributed by atoms with van der Waals surface area (Å²) < 4.78 is 17.1. The normalized spacial score (nSPS) is 17.8. The molecule has 0 heterocycles. The number of carbonyl (C=O) groups excluding carboxylic acids is 1. The van der Waals surface area contributed by atoms with Gasteiger partial charge in [0.1, 0.15) is 17.2 Å². The summed E-state index contributed by atoms with van der Waals surface area (Å²) >= 11 is 0. The van der Waals surface area contributed by atoms with Crippen LogP contribution in [0.1, 0.15) is 94.8 Å². The van der Waals surface area contributed by atoms with E-state index in [4.69, 9.17) is 14.2 Å². The fourth-order valence-corrected chi connectivity index (χ4v) is 4.78. The Morgan fingerprint density at radius 1 is 0.676 bits per heavy atom. The van der Waals surface area contributed by atoms with Gasteiger partial charge in [-0.2, -0.15) is 0 Å². The van der Waals surface area contributed by atoms with Gasteiger partial charge in [-0.15, -0.1) is 0 Å². The molecule has 2 aromatic carbocycles. The van der Waals surface area contributed by atoms with Gasteiger partial charge in [0, 0.05) is 0 Å². The second kappa shape index (κ2) is 14.7. The first-order valence-electron chi connectivity index (χ1n) is 13.4. The molecule has 1 saturated carbocycles. The number of unbranched alkanes of at least 4 members (excludes halogenated alkanes) is 2. The van der Waals surface area contributed by atoms with Crippen LogP contribution in [0.3, 0.4) is 0 Å². The molecule has 2 aromatic rings. The number of benzene rings is 2. The molecule has 0 aromatic heterocycles. The monoisotopic (exact) mass is 466 g/mol. The van der Waals surface area contributed by atoms with Crippen molar-refractivity contribution >= 4 is 5.97 Å². The van der Waals surface area contributed by atoms with Crippen LogP contribution in [0.5, 0.6) is 17.2 Å². The first-order chi connectivity index (χ1) is 16.7. The Bertz CT molecular complexity index is 820. The molecule has 34 heavy (non-hydrogen) atoms. The minimum atomic E-state index is -0.375. The molecule has 0 spiro atoms. The van der Waals surface area contributed by atoms with Crippen molar-refractivity contribution in [3.8, 4) is 17.2 Å². The van der Waals surface area contributed by atoms with E-state index >= 15 is 0 Å². The number of hydrogen-bond donors (Lipinski definition) is 0. The summed E-state index contributed by atoms with van der Waals surface area (Å²) in [4.78, 5) is 12.4. The topological polar surface area (TPSA) is 44.8 Å². The molecule has 1 aliphatic rings. The van der Waals surface area contributed by atoms with Crippen LogP contribution in [-0.2, 0) is 0 Å². The highest BCUT2D eigenvalue weighted by atomic mass is 16.5. The van der Waals surface area contributed by atoms with Crippen molar-refractivity contribution in [3.63, 3.8) is 0 Å². The summed E-state index contributed by atoms with van der Waals surface area (Å²) in [5.41, 5.74) is 0.505. The smallest absolute Gasteiger partial charge is 0.343 e. The molecule has 186 valence electrons. The quantitative estimate of drug-likeness (QED) is 0.160. The van der Waals surface area contributed by atoms with Crippen molar-refractivity contribution in [2.45, 2.75) is 84.5 Å². The Kier molecular flexibility index (Phi) is 11.3. The molecule has 0 unspecified atom stereocenters. The van der Waals surface area contributed by atoms with Gasteiger partial charge >= 0.3 is 5.97 Å². The van der Waals surface area contributed by atoms with Gasteiger partial charge in [0.2, 0.25) is 0 Å². The number of carbonyl (C=O) groups is 1. The molecule has 0 amide bonds. The number of rotatable bonds is 14.